The van der Waals surface area contributed by atoms with E-state index in [0.29, 0.717) is 5.92 Å². The number of pyridine rings is 1. The molecule has 0 aliphatic heterocycles. The quantitative estimate of drug-likeness (QED) is 0.495. The molecule has 0 N–H and O–H groups in total. The topological polar surface area (TPSA) is 12.9 Å². The molecule has 1 heterocycles. The first kappa shape index (κ1) is 17.7. The second-order valence-corrected chi connectivity index (χ2v) is 8.61. The van der Waals surface area contributed by atoms with Crippen LogP contribution in [0.1, 0.15) is 62.8 Å². The minimum absolute atomic E-state index is 0.0713. The zero-order valence-corrected chi connectivity index (χ0v) is 16.6. The van der Waals surface area contributed by atoms with Crippen LogP contribution >= 0.6 is 0 Å². The van der Waals surface area contributed by atoms with Crippen molar-refractivity contribution in [3.8, 4) is 11.3 Å². The van der Waals surface area contributed by atoms with Crippen LogP contribution in [-0.2, 0) is 5.41 Å². The van der Waals surface area contributed by atoms with Crippen LogP contribution in [0.3, 0.4) is 0 Å². The Bertz CT molecular complexity index is 906. The number of rotatable bonds is 2. The third-order valence-corrected chi connectivity index (χ3v) is 4.88. The van der Waals surface area contributed by atoms with Crippen molar-refractivity contribution in [2.45, 2.75) is 59.8 Å². The lowest BCUT2D eigenvalue weighted by molar-refractivity contribution is 0.593. The van der Waals surface area contributed by atoms with E-state index < -0.39 is 0 Å². The van der Waals surface area contributed by atoms with E-state index in [-0.39, 0.29) is 5.41 Å². The van der Waals surface area contributed by atoms with Gasteiger partial charge < -0.3 is 0 Å². The van der Waals surface area contributed by atoms with Crippen molar-refractivity contribution in [2.75, 3.05) is 0 Å². The van der Waals surface area contributed by atoms with Crippen LogP contribution in [0.2, 0.25) is 0 Å². The van der Waals surface area contributed by atoms with Gasteiger partial charge in [-0.05, 0) is 53.8 Å². The maximum Gasteiger partial charge on any atom is 0.0780 e. The summed E-state index contributed by atoms with van der Waals surface area (Å²) in [4.78, 5) is 4.90. The van der Waals surface area contributed by atoms with Crippen LogP contribution in [0.5, 0.6) is 0 Å². The molecule has 0 atom stereocenters. The second kappa shape index (κ2) is 6.29. The molecule has 2 aromatic carbocycles. The van der Waals surface area contributed by atoms with E-state index in [2.05, 4.69) is 91.1 Å². The summed E-state index contributed by atoms with van der Waals surface area (Å²) in [5, 5.41) is 2.59. The fourth-order valence-electron chi connectivity index (χ4n) is 3.56. The summed E-state index contributed by atoms with van der Waals surface area (Å²) in [6.07, 6.45) is 2.08. The lowest BCUT2D eigenvalue weighted by Crippen LogP contribution is -2.13. The molecule has 0 bridgehead atoms. The average Bonchev–Trinajstić information content (AvgIpc) is 2.51. The van der Waals surface area contributed by atoms with Gasteiger partial charge in [0, 0.05) is 17.1 Å². The Hall–Kier alpha value is -2.15. The van der Waals surface area contributed by atoms with E-state index >= 15 is 0 Å². The standard InChI is InChI=1S/C24H29N/c1-15(2)18-8-9-20-21(13-18)22(24(5,6)7)14-25-23(20)19-11-16(3)10-17(4)12-19/h8-15H,1-7H3. The van der Waals surface area contributed by atoms with Crippen molar-refractivity contribution in [3.63, 3.8) is 0 Å². The Morgan fingerprint density at radius 2 is 1.48 bits per heavy atom. The summed E-state index contributed by atoms with van der Waals surface area (Å²) in [5.41, 5.74) is 7.63. The smallest absolute Gasteiger partial charge is 0.0780 e. The summed E-state index contributed by atoms with van der Waals surface area (Å²) < 4.78 is 0. The Kier molecular flexibility index (Phi) is 4.45. The van der Waals surface area contributed by atoms with E-state index in [4.69, 9.17) is 4.98 Å². The molecule has 0 fully saturated rings. The van der Waals surface area contributed by atoms with E-state index in [1.807, 2.05) is 0 Å². The average molecular weight is 332 g/mol. The second-order valence-electron chi connectivity index (χ2n) is 8.61. The molecule has 1 nitrogen and oxygen atoms in total. The predicted octanol–water partition coefficient (Wildman–Crippen LogP) is 6.94. The Labute approximate surface area is 152 Å². The van der Waals surface area contributed by atoms with E-state index in [1.54, 1.807) is 0 Å². The minimum atomic E-state index is 0.0713. The summed E-state index contributed by atoms with van der Waals surface area (Å²) in [7, 11) is 0. The van der Waals surface area contributed by atoms with Crippen LogP contribution in [0.15, 0.2) is 42.6 Å². The highest BCUT2D eigenvalue weighted by atomic mass is 14.7. The molecule has 0 saturated carbocycles. The van der Waals surface area contributed by atoms with Gasteiger partial charge in [0.25, 0.3) is 0 Å². The molecular weight excluding hydrogens is 302 g/mol. The monoisotopic (exact) mass is 331 g/mol. The number of hydrogen-bond donors (Lipinski definition) is 0. The van der Waals surface area contributed by atoms with Gasteiger partial charge in [-0.15, -0.1) is 0 Å². The van der Waals surface area contributed by atoms with Crippen molar-refractivity contribution < 1.29 is 0 Å². The third-order valence-electron chi connectivity index (χ3n) is 4.88. The van der Waals surface area contributed by atoms with Crippen LogP contribution in [0.25, 0.3) is 22.0 Å². The lowest BCUT2D eigenvalue weighted by atomic mass is 9.83. The molecule has 0 unspecified atom stereocenters. The van der Waals surface area contributed by atoms with Gasteiger partial charge in [0.05, 0.1) is 5.69 Å². The van der Waals surface area contributed by atoms with Crippen LogP contribution in [0, 0.1) is 13.8 Å². The van der Waals surface area contributed by atoms with Gasteiger partial charge in [-0.1, -0.05) is 70.0 Å². The fourth-order valence-corrected chi connectivity index (χ4v) is 3.56. The molecule has 0 radical (unpaired) electrons. The van der Waals surface area contributed by atoms with Crippen LogP contribution in [-0.4, -0.2) is 4.98 Å². The molecule has 3 rings (SSSR count). The highest BCUT2D eigenvalue weighted by Gasteiger charge is 2.20. The number of hydrogen-bond acceptors (Lipinski definition) is 1. The number of benzene rings is 2. The fraction of sp³-hybridized carbons (Fsp3) is 0.375. The Morgan fingerprint density at radius 1 is 0.840 bits per heavy atom. The van der Waals surface area contributed by atoms with Gasteiger partial charge in [-0.3, -0.25) is 4.98 Å². The summed E-state index contributed by atoms with van der Waals surface area (Å²) in [6, 6.07) is 13.6. The van der Waals surface area contributed by atoms with Gasteiger partial charge in [-0.2, -0.15) is 0 Å². The van der Waals surface area contributed by atoms with Gasteiger partial charge in [-0.25, -0.2) is 0 Å². The predicted molar refractivity (Wildman–Crippen MR) is 109 cm³/mol. The first-order valence-corrected chi connectivity index (χ1v) is 9.18. The van der Waals surface area contributed by atoms with Crippen LogP contribution in [0.4, 0.5) is 0 Å². The Balaban J connectivity index is 2.35. The zero-order chi connectivity index (χ0) is 18.4. The molecule has 0 spiro atoms. The van der Waals surface area contributed by atoms with Crippen molar-refractivity contribution in [2.24, 2.45) is 0 Å². The number of fused-ring (bicyclic) bond motifs is 1. The summed E-state index contributed by atoms with van der Waals surface area (Å²) in [5.74, 6) is 0.523. The van der Waals surface area contributed by atoms with Gasteiger partial charge in [0.2, 0.25) is 0 Å². The van der Waals surface area contributed by atoms with E-state index in [1.165, 1.54) is 38.6 Å². The molecule has 0 amide bonds. The summed E-state index contributed by atoms with van der Waals surface area (Å²) >= 11 is 0. The normalized spacial score (nSPS) is 12.2. The van der Waals surface area contributed by atoms with Gasteiger partial charge in [0.15, 0.2) is 0 Å². The lowest BCUT2D eigenvalue weighted by Gasteiger charge is -2.23. The van der Waals surface area contributed by atoms with Crippen LogP contribution < -0.4 is 0 Å². The molecule has 0 aliphatic carbocycles. The van der Waals surface area contributed by atoms with Crippen molar-refractivity contribution in [1.82, 2.24) is 4.98 Å². The first-order chi connectivity index (χ1) is 11.7. The van der Waals surface area contributed by atoms with Crippen molar-refractivity contribution >= 4 is 10.8 Å². The number of aromatic nitrogens is 1. The molecule has 25 heavy (non-hydrogen) atoms. The largest absolute Gasteiger partial charge is 0.255 e. The van der Waals surface area contributed by atoms with E-state index in [9.17, 15) is 0 Å². The molecule has 130 valence electrons. The SMILES string of the molecule is Cc1cc(C)cc(-c2ncc(C(C)(C)C)c3cc(C(C)C)ccc23)c1. The first-order valence-electron chi connectivity index (χ1n) is 9.18. The van der Waals surface area contributed by atoms with E-state index in [0.717, 1.165) is 5.69 Å². The third kappa shape index (κ3) is 3.46. The number of aryl methyl sites for hydroxylation is 2. The Morgan fingerprint density at radius 3 is 2.04 bits per heavy atom. The molecule has 1 aromatic heterocycles. The van der Waals surface area contributed by atoms with Crippen molar-refractivity contribution in [3.05, 3.63) is 64.8 Å². The van der Waals surface area contributed by atoms with Gasteiger partial charge in [0.1, 0.15) is 0 Å². The maximum atomic E-state index is 4.90. The molecule has 0 aliphatic rings. The van der Waals surface area contributed by atoms with Crippen molar-refractivity contribution in [1.29, 1.82) is 0 Å². The highest BCUT2D eigenvalue weighted by molar-refractivity contribution is 5.97. The summed E-state index contributed by atoms with van der Waals surface area (Å²) in [6.45, 7) is 15.6. The zero-order valence-electron chi connectivity index (χ0n) is 16.6. The molecular formula is C24H29N. The maximum absolute atomic E-state index is 4.90. The molecule has 1 heteroatoms. The number of nitrogens with zero attached hydrogens (tertiary/aromatic N) is 1. The minimum Gasteiger partial charge on any atom is -0.255 e. The molecule has 3 aromatic rings. The van der Waals surface area contributed by atoms with Gasteiger partial charge >= 0.3 is 0 Å². The molecule has 0 saturated heterocycles. The highest BCUT2D eigenvalue weighted by Crippen LogP contribution is 2.36.